The van der Waals surface area contributed by atoms with Crippen LogP contribution in [0.15, 0.2) is 77.3 Å². The van der Waals surface area contributed by atoms with Gasteiger partial charge in [-0.25, -0.2) is 4.98 Å². The van der Waals surface area contributed by atoms with Gasteiger partial charge in [0.1, 0.15) is 10.8 Å². The summed E-state index contributed by atoms with van der Waals surface area (Å²) in [5.74, 6) is 1.21. The molecule has 0 aliphatic heterocycles. The maximum Gasteiger partial charge on any atom is 0.230 e. The number of benzene rings is 3. The van der Waals surface area contributed by atoms with Gasteiger partial charge in [-0.3, -0.25) is 4.79 Å². The first-order chi connectivity index (χ1) is 16.1. The van der Waals surface area contributed by atoms with Gasteiger partial charge < -0.3 is 14.6 Å². The van der Waals surface area contributed by atoms with E-state index in [1.807, 2.05) is 54.6 Å². The van der Waals surface area contributed by atoms with Crippen LogP contribution in [0.4, 0.5) is 5.69 Å². The average Bonchev–Trinajstić information content (AvgIpc) is 3.46. The van der Waals surface area contributed by atoms with Crippen LogP contribution in [-0.4, -0.2) is 23.2 Å². The summed E-state index contributed by atoms with van der Waals surface area (Å²) in [6.07, 6.45) is 0.124. The fourth-order valence-electron chi connectivity index (χ4n) is 3.51. The Bertz CT molecular complexity index is 1420. The first-order valence-corrected chi connectivity index (χ1v) is 11.3. The van der Waals surface area contributed by atoms with E-state index in [-0.39, 0.29) is 12.3 Å². The van der Waals surface area contributed by atoms with E-state index in [4.69, 9.17) is 14.2 Å². The molecule has 0 atom stereocenters. The number of thiazole rings is 1. The molecule has 5 aromatic rings. The van der Waals surface area contributed by atoms with Crippen LogP contribution in [0.1, 0.15) is 11.3 Å². The van der Waals surface area contributed by atoms with Gasteiger partial charge >= 0.3 is 0 Å². The Morgan fingerprint density at radius 2 is 1.76 bits per heavy atom. The van der Waals surface area contributed by atoms with Crippen LogP contribution in [0.2, 0.25) is 0 Å². The van der Waals surface area contributed by atoms with Crippen molar-refractivity contribution in [2.45, 2.75) is 13.3 Å². The molecule has 0 aliphatic carbocycles. The monoisotopic (exact) mass is 455 g/mol. The zero-order valence-corrected chi connectivity index (χ0v) is 19.0. The fourth-order valence-corrected chi connectivity index (χ4v) is 4.58. The van der Waals surface area contributed by atoms with E-state index in [9.17, 15) is 4.79 Å². The highest BCUT2D eigenvalue weighted by Gasteiger charge is 2.12. The van der Waals surface area contributed by atoms with E-state index < -0.39 is 0 Å². The molecule has 0 fully saturated rings. The minimum Gasteiger partial charge on any atom is -0.497 e. The molecule has 0 spiro atoms. The van der Waals surface area contributed by atoms with Gasteiger partial charge in [-0.05, 0) is 73.2 Å². The van der Waals surface area contributed by atoms with E-state index >= 15 is 0 Å². The number of carbonyl (C=O) groups excluding carboxylic acids is 1. The Balaban J connectivity index is 1.23. The van der Waals surface area contributed by atoms with Crippen molar-refractivity contribution in [1.82, 2.24) is 10.1 Å². The lowest BCUT2D eigenvalue weighted by molar-refractivity contribution is -0.115. The number of hydrogen-bond acceptors (Lipinski definition) is 6. The average molecular weight is 456 g/mol. The smallest absolute Gasteiger partial charge is 0.230 e. The molecular formula is C26H21N3O3S. The van der Waals surface area contributed by atoms with Gasteiger partial charge in [0.15, 0.2) is 5.76 Å². The van der Waals surface area contributed by atoms with E-state index in [1.165, 1.54) is 10.3 Å². The first-order valence-electron chi connectivity index (χ1n) is 10.4. The van der Waals surface area contributed by atoms with Gasteiger partial charge in [0.25, 0.3) is 0 Å². The van der Waals surface area contributed by atoms with Crippen LogP contribution in [-0.2, 0) is 11.2 Å². The summed E-state index contributed by atoms with van der Waals surface area (Å²) in [4.78, 5) is 17.2. The summed E-state index contributed by atoms with van der Waals surface area (Å²) < 4.78 is 11.7. The zero-order chi connectivity index (χ0) is 22.8. The summed E-state index contributed by atoms with van der Waals surface area (Å²) in [5.41, 5.74) is 5.40. The maximum atomic E-state index is 12.5. The van der Waals surface area contributed by atoms with Crippen molar-refractivity contribution < 1.29 is 14.1 Å². The van der Waals surface area contributed by atoms with Gasteiger partial charge in [-0.1, -0.05) is 11.2 Å². The summed E-state index contributed by atoms with van der Waals surface area (Å²) in [5, 5.41) is 7.90. The Hall–Kier alpha value is -3.97. The molecule has 0 unspecified atom stereocenters. The summed E-state index contributed by atoms with van der Waals surface area (Å²) in [6.45, 7) is 2.08. The second kappa shape index (κ2) is 8.88. The second-order valence-electron chi connectivity index (χ2n) is 7.70. The number of methoxy groups -OCH3 is 1. The molecule has 33 heavy (non-hydrogen) atoms. The molecule has 2 heterocycles. The molecule has 0 saturated heterocycles. The fraction of sp³-hybridized carbons (Fsp3) is 0.115. The predicted octanol–water partition coefficient (Wildman–Crippen LogP) is 6.12. The number of carbonyl (C=O) groups is 1. The van der Waals surface area contributed by atoms with Crippen LogP contribution in [0.5, 0.6) is 5.75 Å². The quantitative estimate of drug-likeness (QED) is 0.334. The maximum absolute atomic E-state index is 12.5. The third-order valence-corrected chi connectivity index (χ3v) is 6.30. The second-order valence-corrected chi connectivity index (χ2v) is 8.73. The van der Waals surface area contributed by atoms with Crippen molar-refractivity contribution in [2.24, 2.45) is 0 Å². The molecule has 0 bridgehead atoms. The number of rotatable bonds is 6. The Labute approximate surface area is 194 Å². The highest BCUT2D eigenvalue weighted by Crippen LogP contribution is 2.31. The van der Waals surface area contributed by atoms with Crippen LogP contribution < -0.4 is 10.1 Å². The van der Waals surface area contributed by atoms with Crippen molar-refractivity contribution in [3.63, 3.8) is 0 Å². The number of hydrogen-bond donors (Lipinski definition) is 1. The van der Waals surface area contributed by atoms with Crippen LogP contribution >= 0.6 is 11.3 Å². The van der Waals surface area contributed by atoms with Crippen molar-refractivity contribution in [3.05, 3.63) is 84.1 Å². The number of aromatic nitrogens is 2. The van der Waals surface area contributed by atoms with Crippen molar-refractivity contribution in [2.75, 3.05) is 12.4 Å². The predicted molar refractivity (Wildman–Crippen MR) is 131 cm³/mol. The third-order valence-electron chi connectivity index (χ3n) is 5.23. The highest BCUT2D eigenvalue weighted by atomic mass is 32.1. The molecule has 1 amide bonds. The van der Waals surface area contributed by atoms with Crippen LogP contribution in [0, 0.1) is 6.92 Å². The summed E-state index contributed by atoms with van der Waals surface area (Å²) in [6, 6.07) is 23.2. The number of fused-ring (bicyclic) bond motifs is 1. The van der Waals surface area contributed by atoms with Crippen LogP contribution in [0.3, 0.4) is 0 Å². The molecule has 164 valence electrons. The Morgan fingerprint density at radius 1 is 1.00 bits per heavy atom. The summed E-state index contributed by atoms with van der Waals surface area (Å²) in [7, 11) is 1.62. The molecule has 0 aliphatic rings. The van der Waals surface area contributed by atoms with E-state index in [1.54, 1.807) is 24.5 Å². The lowest BCUT2D eigenvalue weighted by atomic mass is 10.1. The molecule has 3 aromatic carbocycles. The standard InChI is InChI=1S/C26H21N3O3S/c1-16-3-12-22-24(13-16)33-26(28-22)18-4-8-19(9-5-18)27-25(30)15-20-14-23(32-29-20)17-6-10-21(31-2)11-7-17/h3-14H,15H2,1-2H3,(H,27,30). The van der Waals surface area contributed by atoms with Gasteiger partial charge in [0, 0.05) is 22.9 Å². The normalized spacial score (nSPS) is 11.0. The lowest BCUT2D eigenvalue weighted by Gasteiger charge is -2.04. The van der Waals surface area contributed by atoms with Crippen molar-refractivity contribution in [1.29, 1.82) is 0 Å². The minimum atomic E-state index is -0.159. The topological polar surface area (TPSA) is 77.2 Å². The molecule has 6 nitrogen and oxygen atoms in total. The number of aryl methyl sites for hydroxylation is 1. The van der Waals surface area contributed by atoms with Gasteiger partial charge in [-0.15, -0.1) is 11.3 Å². The largest absolute Gasteiger partial charge is 0.497 e. The Morgan fingerprint density at radius 3 is 2.52 bits per heavy atom. The van der Waals surface area contributed by atoms with Gasteiger partial charge in [0.05, 0.1) is 29.4 Å². The summed E-state index contributed by atoms with van der Waals surface area (Å²) >= 11 is 1.66. The molecule has 0 radical (unpaired) electrons. The number of nitrogens with zero attached hydrogens (tertiary/aromatic N) is 2. The highest BCUT2D eigenvalue weighted by molar-refractivity contribution is 7.21. The number of nitrogens with one attached hydrogen (secondary N) is 1. The lowest BCUT2D eigenvalue weighted by Crippen LogP contribution is -2.14. The molecular weight excluding hydrogens is 434 g/mol. The SMILES string of the molecule is COc1ccc(-c2cc(CC(=O)Nc3ccc(-c4nc5ccc(C)cc5s4)cc3)no2)cc1. The zero-order valence-electron chi connectivity index (χ0n) is 18.2. The van der Waals surface area contributed by atoms with Crippen molar-refractivity contribution >= 4 is 33.1 Å². The van der Waals surface area contributed by atoms with Crippen LogP contribution in [0.25, 0.3) is 32.1 Å². The molecule has 7 heteroatoms. The third kappa shape index (κ3) is 4.63. The van der Waals surface area contributed by atoms with E-state index in [0.717, 1.165) is 33.1 Å². The van der Waals surface area contributed by atoms with E-state index in [0.29, 0.717) is 11.5 Å². The number of ether oxygens (including phenoxy) is 1. The molecule has 0 saturated carbocycles. The molecule has 5 rings (SSSR count). The van der Waals surface area contributed by atoms with E-state index in [2.05, 4.69) is 29.5 Å². The van der Waals surface area contributed by atoms with Crippen molar-refractivity contribution in [3.8, 4) is 27.6 Å². The Kier molecular flexibility index (Phi) is 5.62. The van der Waals surface area contributed by atoms with Gasteiger partial charge in [0.2, 0.25) is 5.91 Å². The molecule has 2 aromatic heterocycles. The molecule has 1 N–H and O–H groups in total. The van der Waals surface area contributed by atoms with Gasteiger partial charge in [-0.2, -0.15) is 0 Å². The number of amides is 1. The minimum absolute atomic E-state index is 0.124. The number of anilines is 1. The first kappa shape index (κ1) is 20.9.